The number of hydrogen-bond donors (Lipinski definition) is 2. The number of primary amides is 1. The van der Waals surface area contributed by atoms with Crippen LogP contribution in [-0.2, 0) is 11.2 Å². The number of halogens is 2. The fourth-order valence-electron chi connectivity index (χ4n) is 3.97. The number of carbonyl (C=O) groups is 1. The molecule has 0 saturated carbocycles. The average molecular weight is 434 g/mol. The standard InChI is InChI=1S/C25H24F2N4O/c1-14(2)21-4-3-16(13-30-21)20-12-23-22(5-6-29-23)31-25(20)17(10-24(28)32)7-15-8-18(26)11-19(27)9-15/h3-6,8-9,11-14,17,29H,7,10H2,1-2H3,(H2,28,32)/t17-/m1/s1. The Labute approximate surface area is 184 Å². The van der Waals surface area contributed by atoms with Crippen molar-refractivity contribution in [3.05, 3.63) is 83.4 Å². The molecular formula is C25H24F2N4O. The molecule has 0 spiro atoms. The maximum atomic E-state index is 13.8. The number of aromatic amines is 1. The Morgan fingerprint density at radius 1 is 1.09 bits per heavy atom. The van der Waals surface area contributed by atoms with Gasteiger partial charge in [0.1, 0.15) is 11.6 Å². The van der Waals surface area contributed by atoms with Gasteiger partial charge in [-0.05, 0) is 48.2 Å². The maximum absolute atomic E-state index is 13.8. The van der Waals surface area contributed by atoms with E-state index in [2.05, 4.69) is 23.8 Å². The highest BCUT2D eigenvalue weighted by atomic mass is 19.1. The number of carbonyl (C=O) groups excluding carboxylic acids is 1. The summed E-state index contributed by atoms with van der Waals surface area (Å²) >= 11 is 0. The van der Waals surface area contributed by atoms with E-state index in [9.17, 15) is 13.6 Å². The third kappa shape index (κ3) is 4.66. The third-order valence-electron chi connectivity index (χ3n) is 5.49. The van der Waals surface area contributed by atoms with Crippen molar-refractivity contribution in [1.82, 2.24) is 15.0 Å². The SMILES string of the molecule is CC(C)c1ccc(-c2cc3[nH]ccc3nc2[C@@H](CC(N)=O)Cc2cc(F)cc(F)c2)cn1. The molecule has 0 aliphatic rings. The lowest BCUT2D eigenvalue weighted by molar-refractivity contribution is -0.118. The molecule has 4 rings (SSSR count). The van der Waals surface area contributed by atoms with Gasteiger partial charge in [0, 0.05) is 47.6 Å². The molecule has 5 nitrogen and oxygen atoms in total. The van der Waals surface area contributed by atoms with Crippen LogP contribution < -0.4 is 5.73 Å². The summed E-state index contributed by atoms with van der Waals surface area (Å²) < 4.78 is 27.6. The summed E-state index contributed by atoms with van der Waals surface area (Å²) in [5, 5.41) is 0. The smallest absolute Gasteiger partial charge is 0.218 e. The normalized spacial score (nSPS) is 12.4. The topological polar surface area (TPSA) is 84.7 Å². The number of benzene rings is 1. The lowest BCUT2D eigenvalue weighted by Gasteiger charge is -2.19. The lowest BCUT2D eigenvalue weighted by Crippen LogP contribution is -2.18. The van der Waals surface area contributed by atoms with Crippen LogP contribution in [0.25, 0.3) is 22.2 Å². The molecule has 0 aliphatic carbocycles. The highest BCUT2D eigenvalue weighted by Crippen LogP contribution is 2.34. The second-order valence-electron chi connectivity index (χ2n) is 8.31. The molecule has 0 fully saturated rings. The predicted octanol–water partition coefficient (Wildman–Crippen LogP) is 5.23. The molecule has 3 aromatic heterocycles. The van der Waals surface area contributed by atoms with Crippen molar-refractivity contribution in [2.24, 2.45) is 5.73 Å². The maximum Gasteiger partial charge on any atom is 0.218 e. The van der Waals surface area contributed by atoms with Gasteiger partial charge in [-0.1, -0.05) is 19.9 Å². The van der Waals surface area contributed by atoms with Crippen LogP contribution in [0, 0.1) is 11.6 Å². The zero-order chi connectivity index (χ0) is 22.8. The summed E-state index contributed by atoms with van der Waals surface area (Å²) in [6.45, 7) is 4.14. The molecule has 1 atom stereocenters. The molecule has 0 aliphatic heterocycles. The van der Waals surface area contributed by atoms with Crippen LogP contribution in [0.4, 0.5) is 8.78 Å². The highest BCUT2D eigenvalue weighted by Gasteiger charge is 2.23. The van der Waals surface area contributed by atoms with E-state index in [0.717, 1.165) is 33.9 Å². The summed E-state index contributed by atoms with van der Waals surface area (Å²) in [4.78, 5) is 24.4. The molecule has 32 heavy (non-hydrogen) atoms. The molecule has 4 aromatic rings. The molecule has 3 N–H and O–H groups in total. The summed E-state index contributed by atoms with van der Waals surface area (Å²) in [5.41, 5.74) is 10.8. The summed E-state index contributed by atoms with van der Waals surface area (Å²) in [5.74, 6) is -2.02. The number of aromatic nitrogens is 3. The van der Waals surface area contributed by atoms with E-state index in [4.69, 9.17) is 10.7 Å². The Hall–Kier alpha value is -3.61. The van der Waals surface area contributed by atoms with Crippen molar-refractivity contribution in [2.45, 2.75) is 38.5 Å². The van der Waals surface area contributed by atoms with E-state index in [1.165, 1.54) is 12.1 Å². The van der Waals surface area contributed by atoms with E-state index in [1.54, 1.807) is 12.4 Å². The molecule has 0 bridgehead atoms. The number of amides is 1. The Morgan fingerprint density at radius 3 is 2.47 bits per heavy atom. The van der Waals surface area contributed by atoms with Crippen LogP contribution >= 0.6 is 0 Å². The molecule has 164 valence electrons. The van der Waals surface area contributed by atoms with Crippen molar-refractivity contribution in [3.63, 3.8) is 0 Å². The molecule has 0 saturated heterocycles. The predicted molar refractivity (Wildman–Crippen MR) is 120 cm³/mol. The van der Waals surface area contributed by atoms with Crippen LogP contribution in [0.15, 0.2) is 54.9 Å². The second-order valence-corrected chi connectivity index (χ2v) is 8.31. The van der Waals surface area contributed by atoms with Crippen molar-refractivity contribution in [3.8, 4) is 11.1 Å². The van der Waals surface area contributed by atoms with E-state index in [1.807, 2.05) is 24.3 Å². The van der Waals surface area contributed by atoms with Gasteiger partial charge in [-0.15, -0.1) is 0 Å². The van der Waals surface area contributed by atoms with Crippen molar-refractivity contribution < 1.29 is 13.6 Å². The summed E-state index contributed by atoms with van der Waals surface area (Å²) in [6, 6.07) is 11.1. The van der Waals surface area contributed by atoms with Crippen LogP contribution in [0.5, 0.6) is 0 Å². The third-order valence-corrected chi connectivity index (χ3v) is 5.49. The summed E-state index contributed by atoms with van der Waals surface area (Å²) in [6.07, 6.45) is 3.78. The van der Waals surface area contributed by atoms with Gasteiger partial charge in [0.2, 0.25) is 5.91 Å². The quantitative estimate of drug-likeness (QED) is 0.418. The van der Waals surface area contributed by atoms with Gasteiger partial charge in [-0.25, -0.2) is 8.78 Å². The van der Waals surface area contributed by atoms with Gasteiger partial charge in [0.15, 0.2) is 0 Å². The minimum Gasteiger partial charge on any atom is -0.370 e. The first-order valence-electron chi connectivity index (χ1n) is 10.5. The fourth-order valence-corrected chi connectivity index (χ4v) is 3.97. The van der Waals surface area contributed by atoms with Gasteiger partial charge in [0.05, 0.1) is 16.7 Å². The van der Waals surface area contributed by atoms with Gasteiger partial charge >= 0.3 is 0 Å². The van der Waals surface area contributed by atoms with Crippen LogP contribution in [-0.4, -0.2) is 20.9 Å². The van der Waals surface area contributed by atoms with Gasteiger partial charge in [0.25, 0.3) is 0 Å². The zero-order valence-electron chi connectivity index (χ0n) is 17.9. The molecule has 1 aromatic carbocycles. The van der Waals surface area contributed by atoms with E-state index < -0.39 is 23.5 Å². The molecule has 3 heterocycles. The van der Waals surface area contributed by atoms with Gasteiger partial charge in [-0.3, -0.25) is 14.8 Å². The Morgan fingerprint density at radius 2 is 1.84 bits per heavy atom. The number of hydrogen-bond acceptors (Lipinski definition) is 3. The minimum atomic E-state index is -0.666. The molecular weight excluding hydrogens is 410 g/mol. The van der Waals surface area contributed by atoms with Crippen LogP contribution in [0.1, 0.15) is 49.1 Å². The number of nitrogens with one attached hydrogen (secondary N) is 1. The Bertz CT molecular complexity index is 1240. The number of H-pyrrole nitrogens is 1. The van der Waals surface area contributed by atoms with Crippen LogP contribution in [0.3, 0.4) is 0 Å². The number of fused-ring (bicyclic) bond motifs is 1. The van der Waals surface area contributed by atoms with Gasteiger partial charge in [-0.2, -0.15) is 0 Å². The van der Waals surface area contributed by atoms with Crippen molar-refractivity contribution in [2.75, 3.05) is 0 Å². The van der Waals surface area contributed by atoms with Gasteiger partial charge < -0.3 is 10.7 Å². The number of nitrogens with two attached hydrogens (primary N) is 1. The Balaban J connectivity index is 1.84. The van der Waals surface area contributed by atoms with Crippen molar-refractivity contribution in [1.29, 1.82) is 0 Å². The second kappa shape index (κ2) is 8.86. The molecule has 7 heteroatoms. The molecule has 0 radical (unpaired) electrons. The van der Waals surface area contributed by atoms with Crippen LogP contribution in [0.2, 0.25) is 0 Å². The first kappa shape index (κ1) is 21.6. The highest BCUT2D eigenvalue weighted by molar-refractivity contribution is 5.83. The number of pyridine rings is 2. The first-order chi connectivity index (χ1) is 15.3. The lowest BCUT2D eigenvalue weighted by atomic mass is 9.88. The summed E-state index contributed by atoms with van der Waals surface area (Å²) in [7, 11) is 0. The molecule has 0 unspecified atom stereocenters. The first-order valence-corrected chi connectivity index (χ1v) is 10.5. The van der Waals surface area contributed by atoms with E-state index in [-0.39, 0.29) is 18.8 Å². The zero-order valence-corrected chi connectivity index (χ0v) is 17.9. The fraction of sp³-hybridized carbons (Fsp3) is 0.240. The molecule has 1 amide bonds. The number of nitrogens with zero attached hydrogens (tertiary/aromatic N) is 2. The monoisotopic (exact) mass is 434 g/mol. The van der Waals surface area contributed by atoms with E-state index in [0.29, 0.717) is 11.3 Å². The van der Waals surface area contributed by atoms with Crippen molar-refractivity contribution >= 4 is 16.9 Å². The Kier molecular flexibility index (Phi) is 5.99. The average Bonchev–Trinajstić information content (AvgIpc) is 3.19. The minimum absolute atomic E-state index is 0.00836. The largest absolute Gasteiger partial charge is 0.370 e. The number of rotatable bonds is 7. The van der Waals surface area contributed by atoms with E-state index >= 15 is 0 Å².